The lowest BCUT2D eigenvalue weighted by atomic mass is 10.1. The van der Waals surface area contributed by atoms with Gasteiger partial charge in [-0.3, -0.25) is 4.79 Å². The standard InChI is InChI=1S/C24H19BrFNO5/c1-31-21-13-16(11-19(25)22(21)32-14-15-6-5-9-18(26)10-15)12-20(24(29)30)27-23(28)17-7-3-2-4-8-17/h2-13H,14H2,1H3,(H,27,28)(H,29,30). The number of ether oxygens (including phenoxy) is 2. The fourth-order valence-electron chi connectivity index (χ4n) is 2.85. The first kappa shape index (κ1) is 23.0. The van der Waals surface area contributed by atoms with Gasteiger partial charge in [-0.2, -0.15) is 0 Å². The maximum absolute atomic E-state index is 13.4. The largest absolute Gasteiger partial charge is 0.493 e. The number of carboxylic acid groups (broad SMARTS) is 1. The number of hydrogen-bond donors (Lipinski definition) is 2. The van der Waals surface area contributed by atoms with Gasteiger partial charge < -0.3 is 19.9 Å². The molecule has 0 atom stereocenters. The van der Waals surface area contributed by atoms with E-state index in [2.05, 4.69) is 21.2 Å². The molecule has 2 N–H and O–H groups in total. The molecule has 32 heavy (non-hydrogen) atoms. The summed E-state index contributed by atoms with van der Waals surface area (Å²) in [4.78, 5) is 24.0. The van der Waals surface area contributed by atoms with Crippen LogP contribution in [0.4, 0.5) is 4.39 Å². The minimum Gasteiger partial charge on any atom is -0.493 e. The molecule has 0 heterocycles. The van der Waals surface area contributed by atoms with Crippen LogP contribution in [0.25, 0.3) is 6.08 Å². The van der Waals surface area contributed by atoms with E-state index in [0.717, 1.165) is 0 Å². The molecule has 3 aromatic carbocycles. The van der Waals surface area contributed by atoms with Crippen molar-refractivity contribution in [3.63, 3.8) is 0 Å². The summed E-state index contributed by atoms with van der Waals surface area (Å²) in [5.74, 6) is -1.49. The van der Waals surface area contributed by atoms with Crippen LogP contribution in [0.15, 0.2) is 76.9 Å². The van der Waals surface area contributed by atoms with E-state index in [-0.39, 0.29) is 18.1 Å². The van der Waals surface area contributed by atoms with Crippen LogP contribution in [0.5, 0.6) is 11.5 Å². The summed E-state index contributed by atoms with van der Waals surface area (Å²) < 4.78 is 25.0. The highest BCUT2D eigenvalue weighted by atomic mass is 79.9. The number of methoxy groups -OCH3 is 1. The second-order valence-corrected chi connectivity index (χ2v) is 7.49. The Hall–Kier alpha value is -3.65. The summed E-state index contributed by atoms with van der Waals surface area (Å²) in [5, 5.41) is 11.9. The molecule has 8 heteroatoms. The van der Waals surface area contributed by atoms with Gasteiger partial charge in [0.25, 0.3) is 5.91 Å². The van der Waals surface area contributed by atoms with Gasteiger partial charge in [-0.15, -0.1) is 0 Å². The molecule has 0 aliphatic heterocycles. The Kier molecular flexibility index (Phi) is 7.62. The van der Waals surface area contributed by atoms with Crippen LogP contribution in [0.2, 0.25) is 0 Å². The number of amides is 1. The van der Waals surface area contributed by atoms with Crippen molar-refractivity contribution >= 4 is 33.9 Å². The molecule has 0 aliphatic rings. The van der Waals surface area contributed by atoms with Gasteiger partial charge in [0.05, 0.1) is 11.6 Å². The van der Waals surface area contributed by atoms with Gasteiger partial charge in [-0.1, -0.05) is 30.3 Å². The number of halogens is 2. The molecule has 0 saturated heterocycles. The molecule has 164 valence electrons. The molecular formula is C24H19BrFNO5. The lowest BCUT2D eigenvalue weighted by Gasteiger charge is -2.14. The van der Waals surface area contributed by atoms with Crippen LogP contribution in [0, 0.1) is 5.82 Å². The number of carbonyl (C=O) groups is 2. The summed E-state index contributed by atoms with van der Waals surface area (Å²) in [6, 6.07) is 17.5. The van der Waals surface area contributed by atoms with Crippen molar-refractivity contribution < 1.29 is 28.6 Å². The van der Waals surface area contributed by atoms with Gasteiger partial charge in [-0.05, 0) is 69.5 Å². The SMILES string of the molecule is COc1cc(C=C(NC(=O)c2ccccc2)C(=O)O)cc(Br)c1OCc1cccc(F)c1. The third-order valence-corrected chi connectivity index (χ3v) is 4.94. The third-order valence-electron chi connectivity index (χ3n) is 4.35. The van der Waals surface area contributed by atoms with Crippen LogP contribution in [-0.4, -0.2) is 24.1 Å². The van der Waals surface area contributed by atoms with E-state index in [0.29, 0.717) is 32.7 Å². The fourth-order valence-corrected chi connectivity index (χ4v) is 3.42. The number of aliphatic carboxylic acids is 1. The van der Waals surface area contributed by atoms with E-state index in [4.69, 9.17) is 9.47 Å². The highest BCUT2D eigenvalue weighted by molar-refractivity contribution is 9.10. The molecule has 0 aromatic heterocycles. The lowest BCUT2D eigenvalue weighted by molar-refractivity contribution is -0.132. The Balaban J connectivity index is 1.84. The molecule has 0 spiro atoms. The normalized spacial score (nSPS) is 11.0. The molecule has 0 fully saturated rings. The van der Waals surface area contributed by atoms with Gasteiger partial charge in [0.1, 0.15) is 18.1 Å². The predicted molar refractivity (Wildman–Crippen MR) is 121 cm³/mol. The van der Waals surface area contributed by atoms with Crippen LogP contribution in [0.1, 0.15) is 21.5 Å². The molecule has 0 radical (unpaired) electrons. The molecule has 0 unspecified atom stereocenters. The minimum atomic E-state index is -1.30. The van der Waals surface area contributed by atoms with E-state index in [1.807, 2.05) is 0 Å². The average Bonchev–Trinajstić information content (AvgIpc) is 2.78. The molecule has 0 saturated carbocycles. The smallest absolute Gasteiger partial charge is 0.352 e. The highest BCUT2D eigenvalue weighted by Crippen LogP contribution is 2.37. The zero-order valence-electron chi connectivity index (χ0n) is 17.0. The summed E-state index contributed by atoms with van der Waals surface area (Å²) in [6.45, 7) is 0.107. The van der Waals surface area contributed by atoms with Crippen molar-refractivity contribution in [2.45, 2.75) is 6.61 Å². The first-order chi connectivity index (χ1) is 15.4. The first-order valence-corrected chi connectivity index (χ1v) is 10.2. The van der Waals surface area contributed by atoms with Crippen molar-refractivity contribution in [3.05, 3.63) is 99.4 Å². The fraction of sp³-hybridized carbons (Fsp3) is 0.0833. The molecule has 0 aliphatic carbocycles. The van der Waals surface area contributed by atoms with Crippen molar-refractivity contribution in [1.82, 2.24) is 5.32 Å². The molecule has 3 aromatic rings. The number of nitrogens with one attached hydrogen (secondary N) is 1. The van der Waals surface area contributed by atoms with Crippen LogP contribution >= 0.6 is 15.9 Å². The van der Waals surface area contributed by atoms with E-state index < -0.39 is 11.9 Å². The van der Waals surface area contributed by atoms with E-state index in [9.17, 15) is 19.1 Å². The van der Waals surface area contributed by atoms with Gasteiger partial charge in [0.15, 0.2) is 11.5 Å². The second kappa shape index (κ2) is 10.6. The van der Waals surface area contributed by atoms with Crippen molar-refractivity contribution in [2.24, 2.45) is 0 Å². The molecular weight excluding hydrogens is 481 g/mol. The van der Waals surface area contributed by atoms with E-state index >= 15 is 0 Å². The molecule has 3 rings (SSSR count). The van der Waals surface area contributed by atoms with Gasteiger partial charge in [-0.25, -0.2) is 9.18 Å². The Labute approximate surface area is 192 Å². The topological polar surface area (TPSA) is 84.9 Å². The zero-order chi connectivity index (χ0) is 23.1. The molecule has 6 nitrogen and oxygen atoms in total. The Morgan fingerprint density at radius 1 is 1.09 bits per heavy atom. The lowest BCUT2D eigenvalue weighted by Crippen LogP contribution is -2.27. The number of benzene rings is 3. The zero-order valence-corrected chi connectivity index (χ0v) is 18.6. The van der Waals surface area contributed by atoms with Gasteiger partial charge in [0.2, 0.25) is 0 Å². The van der Waals surface area contributed by atoms with Crippen molar-refractivity contribution in [3.8, 4) is 11.5 Å². The van der Waals surface area contributed by atoms with E-state index in [1.54, 1.807) is 54.6 Å². The second-order valence-electron chi connectivity index (χ2n) is 6.64. The quantitative estimate of drug-likeness (QED) is 0.424. The van der Waals surface area contributed by atoms with Crippen LogP contribution in [0.3, 0.4) is 0 Å². The highest BCUT2D eigenvalue weighted by Gasteiger charge is 2.16. The van der Waals surface area contributed by atoms with E-state index in [1.165, 1.54) is 25.3 Å². The first-order valence-electron chi connectivity index (χ1n) is 9.43. The third kappa shape index (κ3) is 5.95. The van der Waals surface area contributed by atoms with Crippen LogP contribution in [-0.2, 0) is 11.4 Å². The van der Waals surface area contributed by atoms with Gasteiger partial charge >= 0.3 is 5.97 Å². The summed E-state index contributed by atoms with van der Waals surface area (Å²) in [6.07, 6.45) is 1.31. The maximum Gasteiger partial charge on any atom is 0.352 e. The monoisotopic (exact) mass is 499 g/mol. The van der Waals surface area contributed by atoms with Gasteiger partial charge in [0, 0.05) is 5.56 Å². The molecule has 0 bridgehead atoms. The Morgan fingerprint density at radius 2 is 1.84 bits per heavy atom. The summed E-state index contributed by atoms with van der Waals surface area (Å²) in [7, 11) is 1.44. The molecule has 1 amide bonds. The van der Waals surface area contributed by atoms with Crippen molar-refractivity contribution in [2.75, 3.05) is 7.11 Å². The average molecular weight is 500 g/mol. The number of carbonyl (C=O) groups excluding carboxylic acids is 1. The number of carboxylic acids is 1. The Morgan fingerprint density at radius 3 is 2.50 bits per heavy atom. The predicted octanol–water partition coefficient (Wildman–Crippen LogP) is 5.03. The summed E-state index contributed by atoms with van der Waals surface area (Å²) in [5.41, 5.74) is 1.12. The minimum absolute atomic E-state index is 0.107. The Bertz CT molecular complexity index is 1160. The number of rotatable bonds is 8. The number of hydrogen-bond acceptors (Lipinski definition) is 4. The summed E-state index contributed by atoms with van der Waals surface area (Å²) >= 11 is 3.40. The van der Waals surface area contributed by atoms with Crippen molar-refractivity contribution in [1.29, 1.82) is 0 Å². The maximum atomic E-state index is 13.4. The van der Waals surface area contributed by atoms with Crippen LogP contribution < -0.4 is 14.8 Å².